The second-order valence-electron chi connectivity index (χ2n) is 7.51. The Morgan fingerprint density at radius 2 is 1.78 bits per heavy atom. The van der Waals surface area contributed by atoms with Crippen LogP contribution >= 0.6 is 34.8 Å². The van der Waals surface area contributed by atoms with Crippen LogP contribution in [0.15, 0.2) is 42.6 Å². The number of aliphatic carboxylic acids is 1. The van der Waals surface area contributed by atoms with E-state index in [-0.39, 0.29) is 6.42 Å². The highest BCUT2D eigenvalue weighted by Crippen LogP contribution is 2.29. The lowest BCUT2D eigenvalue weighted by Crippen LogP contribution is -2.04. The number of nitrogens with zero attached hydrogens (tertiary/aromatic N) is 5. The number of hydrogen-bond donors (Lipinski definition) is 1. The number of carbonyl (C=O) groups is 1. The van der Waals surface area contributed by atoms with E-state index in [9.17, 15) is 4.79 Å². The number of aryl methyl sites for hydroxylation is 1. The van der Waals surface area contributed by atoms with Crippen LogP contribution in [0.25, 0.3) is 10.9 Å². The SMILES string of the molecule is O=C(O)CCCCn1nnc(Cc2cn(Cc3ccc(Cl)cc3Cl)c3cc(Cl)ccc23)n1. The normalized spacial score (nSPS) is 11.3. The maximum atomic E-state index is 10.6. The molecule has 0 atom stereocenters. The number of unbranched alkanes of at least 4 members (excludes halogenated alkanes) is 1. The maximum absolute atomic E-state index is 10.6. The van der Waals surface area contributed by atoms with Crippen LogP contribution in [-0.4, -0.2) is 35.9 Å². The first-order valence-electron chi connectivity index (χ1n) is 10.1. The molecule has 0 amide bonds. The van der Waals surface area contributed by atoms with E-state index in [1.807, 2.05) is 30.3 Å². The van der Waals surface area contributed by atoms with Crippen LogP contribution in [0.1, 0.15) is 36.2 Å². The zero-order valence-electron chi connectivity index (χ0n) is 17.0. The number of carboxylic acid groups (broad SMARTS) is 1. The van der Waals surface area contributed by atoms with Crippen molar-refractivity contribution in [3.05, 3.63) is 74.6 Å². The van der Waals surface area contributed by atoms with Crippen LogP contribution in [-0.2, 0) is 24.3 Å². The lowest BCUT2D eigenvalue weighted by atomic mass is 10.1. The zero-order chi connectivity index (χ0) is 22.7. The first-order valence-corrected chi connectivity index (χ1v) is 11.2. The molecular formula is C22H20Cl3N5O2. The van der Waals surface area contributed by atoms with Gasteiger partial charge in [-0.2, -0.15) is 4.80 Å². The molecule has 1 N–H and O–H groups in total. The van der Waals surface area contributed by atoms with Gasteiger partial charge in [-0.05, 0) is 53.4 Å². The third kappa shape index (κ3) is 5.41. The minimum Gasteiger partial charge on any atom is -0.481 e. The summed E-state index contributed by atoms with van der Waals surface area (Å²) in [5.74, 6) is -0.199. The van der Waals surface area contributed by atoms with Crippen molar-refractivity contribution in [1.29, 1.82) is 0 Å². The molecule has 0 aliphatic carbocycles. The van der Waals surface area contributed by atoms with Crippen molar-refractivity contribution in [2.75, 3.05) is 0 Å². The largest absolute Gasteiger partial charge is 0.481 e. The fourth-order valence-electron chi connectivity index (χ4n) is 3.59. The van der Waals surface area contributed by atoms with E-state index in [0.717, 1.165) is 22.0 Å². The van der Waals surface area contributed by atoms with Crippen LogP contribution in [0.4, 0.5) is 0 Å². The van der Waals surface area contributed by atoms with Crippen LogP contribution in [0, 0.1) is 0 Å². The Labute approximate surface area is 199 Å². The van der Waals surface area contributed by atoms with E-state index in [4.69, 9.17) is 39.9 Å². The van der Waals surface area contributed by atoms with Crippen molar-refractivity contribution in [3.8, 4) is 0 Å². The zero-order valence-corrected chi connectivity index (χ0v) is 19.3. The molecule has 0 bridgehead atoms. The Morgan fingerprint density at radius 1 is 1.00 bits per heavy atom. The van der Waals surface area contributed by atoms with Crippen LogP contribution in [0.2, 0.25) is 15.1 Å². The first kappa shape index (κ1) is 22.6. The molecule has 0 fully saturated rings. The average molecular weight is 493 g/mol. The summed E-state index contributed by atoms with van der Waals surface area (Å²) >= 11 is 18.7. The molecular weight excluding hydrogens is 473 g/mol. The highest BCUT2D eigenvalue weighted by atomic mass is 35.5. The van der Waals surface area contributed by atoms with Gasteiger partial charge < -0.3 is 9.67 Å². The summed E-state index contributed by atoms with van der Waals surface area (Å²) in [5.41, 5.74) is 2.98. The van der Waals surface area contributed by atoms with E-state index in [0.29, 0.717) is 53.2 Å². The van der Waals surface area contributed by atoms with Gasteiger partial charge in [-0.1, -0.05) is 46.9 Å². The fourth-order valence-corrected chi connectivity index (χ4v) is 4.22. The number of benzene rings is 2. The quantitative estimate of drug-likeness (QED) is 0.313. The number of rotatable bonds is 9. The highest BCUT2D eigenvalue weighted by molar-refractivity contribution is 6.35. The Morgan fingerprint density at radius 3 is 2.56 bits per heavy atom. The maximum Gasteiger partial charge on any atom is 0.303 e. The lowest BCUT2D eigenvalue weighted by molar-refractivity contribution is -0.137. The van der Waals surface area contributed by atoms with E-state index in [2.05, 4.69) is 26.2 Å². The summed E-state index contributed by atoms with van der Waals surface area (Å²) in [6, 6.07) is 11.2. The van der Waals surface area contributed by atoms with Gasteiger partial charge in [0.25, 0.3) is 0 Å². The number of halogens is 3. The van der Waals surface area contributed by atoms with Gasteiger partial charge in [0.1, 0.15) is 0 Å². The minimum atomic E-state index is -0.798. The van der Waals surface area contributed by atoms with Gasteiger partial charge >= 0.3 is 5.97 Å². The van der Waals surface area contributed by atoms with Crippen molar-refractivity contribution in [3.63, 3.8) is 0 Å². The highest BCUT2D eigenvalue weighted by Gasteiger charge is 2.14. The van der Waals surface area contributed by atoms with E-state index >= 15 is 0 Å². The molecule has 7 nitrogen and oxygen atoms in total. The summed E-state index contributed by atoms with van der Waals surface area (Å²) in [6.07, 6.45) is 3.96. The third-order valence-corrected chi connectivity index (χ3v) is 5.95. The lowest BCUT2D eigenvalue weighted by Gasteiger charge is -2.08. The first-order chi connectivity index (χ1) is 15.4. The van der Waals surface area contributed by atoms with Gasteiger partial charge in [-0.15, -0.1) is 10.2 Å². The van der Waals surface area contributed by atoms with E-state index in [1.54, 1.807) is 6.07 Å². The standard InChI is InChI=1S/C22H20Cl3N5O2/c23-16-5-4-14(19(25)10-16)12-29-13-15(18-7-6-17(24)11-20(18)29)9-21-26-28-30(27-21)8-2-1-3-22(31)32/h4-7,10-11,13H,1-3,8-9,12H2,(H,31,32). The molecule has 2 heterocycles. The Kier molecular flexibility index (Phi) is 6.98. The van der Waals surface area contributed by atoms with E-state index < -0.39 is 5.97 Å². The topological polar surface area (TPSA) is 85.8 Å². The Hall–Kier alpha value is -2.61. The second kappa shape index (κ2) is 9.90. The molecule has 4 aromatic rings. The van der Waals surface area contributed by atoms with Gasteiger partial charge in [-0.25, -0.2) is 0 Å². The molecule has 0 saturated heterocycles. The summed E-state index contributed by atoms with van der Waals surface area (Å²) in [7, 11) is 0. The fraction of sp³-hybridized carbons (Fsp3) is 0.273. The smallest absolute Gasteiger partial charge is 0.303 e. The molecule has 2 aromatic carbocycles. The molecule has 0 radical (unpaired) electrons. The number of aromatic nitrogens is 5. The molecule has 0 spiro atoms. The van der Waals surface area contributed by atoms with Gasteiger partial charge in [0.2, 0.25) is 0 Å². The number of carboxylic acids is 1. The molecule has 0 aliphatic heterocycles. The Bertz CT molecular complexity index is 1270. The summed E-state index contributed by atoms with van der Waals surface area (Å²) < 4.78 is 2.10. The Balaban J connectivity index is 1.55. The number of fused-ring (bicyclic) bond motifs is 1. The summed E-state index contributed by atoms with van der Waals surface area (Å²) in [6.45, 7) is 1.10. The third-order valence-electron chi connectivity index (χ3n) is 5.12. The van der Waals surface area contributed by atoms with Gasteiger partial charge in [-0.3, -0.25) is 4.79 Å². The molecule has 2 aromatic heterocycles. The second-order valence-corrected chi connectivity index (χ2v) is 8.79. The van der Waals surface area contributed by atoms with Gasteiger partial charge in [0.15, 0.2) is 5.82 Å². The van der Waals surface area contributed by atoms with Crippen LogP contribution in [0.5, 0.6) is 0 Å². The molecule has 4 rings (SSSR count). The minimum absolute atomic E-state index is 0.140. The van der Waals surface area contributed by atoms with Crippen molar-refractivity contribution in [2.45, 2.75) is 38.8 Å². The van der Waals surface area contributed by atoms with Crippen molar-refractivity contribution in [2.24, 2.45) is 0 Å². The molecule has 0 saturated carbocycles. The predicted molar refractivity (Wildman–Crippen MR) is 125 cm³/mol. The molecule has 0 unspecified atom stereocenters. The average Bonchev–Trinajstić information content (AvgIpc) is 3.32. The summed E-state index contributed by atoms with van der Waals surface area (Å²) in [5, 5.41) is 24.3. The summed E-state index contributed by atoms with van der Waals surface area (Å²) in [4.78, 5) is 12.1. The van der Waals surface area contributed by atoms with E-state index in [1.165, 1.54) is 4.80 Å². The van der Waals surface area contributed by atoms with Crippen molar-refractivity contribution < 1.29 is 9.90 Å². The molecule has 10 heteroatoms. The van der Waals surface area contributed by atoms with Crippen LogP contribution < -0.4 is 0 Å². The molecule has 32 heavy (non-hydrogen) atoms. The van der Waals surface area contributed by atoms with Crippen molar-refractivity contribution in [1.82, 2.24) is 24.8 Å². The molecule has 166 valence electrons. The van der Waals surface area contributed by atoms with Gasteiger partial charge in [0, 0.05) is 46.0 Å². The monoisotopic (exact) mass is 491 g/mol. The molecule has 0 aliphatic rings. The number of tetrazole rings is 1. The van der Waals surface area contributed by atoms with Crippen LogP contribution in [0.3, 0.4) is 0 Å². The predicted octanol–water partition coefficient (Wildman–Crippen LogP) is 5.48. The number of hydrogen-bond acceptors (Lipinski definition) is 4. The van der Waals surface area contributed by atoms with Gasteiger partial charge in [0.05, 0.1) is 12.1 Å². The van der Waals surface area contributed by atoms with Crippen molar-refractivity contribution >= 4 is 51.7 Å².